The Morgan fingerprint density at radius 2 is 1.86 bits per heavy atom. The normalized spacial score (nSPS) is 11.2. The number of methoxy groups -OCH3 is 1. The molecule has 0 aliphatic heterocycles. The average molecular weight is 332 g/mol. The maximum atomic E-state index is 12.4. The summed E-state index contributed by atoms with van der Waals surface area (Å²) in [5.41, 5.74) is 1.31. The number of hydrogen-bond donors (Lipinski definition) is 3. The van der Waals surface area contributed by atoms with Crippen molar-refractivity contribution in [3.63, 3.8) is 0 Å². The number of sulfonamides is 1. The molecule has 0 spiro atoms. The van der Waals surface area contributed by atoms with E-state index < -0.39 is 41.4 Å². The number of nitrogens with one attached hydrogen (secondary N) is 1. The Balaban J connectivity index is 3.06. The molecule has 1 rings (SSSR count). The Kier molecular flexibility index (Phi) is 6.28. The van der Waals surface area contributed by atoms with Gasteiger partial charge in [-0.3, -0.25) is 14.8 Å². The van der Waals surface area contributed by atoms with Gasteiger partial charge in [0.15, 0.2) is 0 Å². The van der Waals surface area contributed by atoms with Gasteiger partial charge in [0.1, 0.15) is 5.75 Å². The van der Waals surface area contributed by atoms with Crippen molar-refractivity contribution < 1.29 is 33.1 Å². The number of carbonyl (C=O) groups excluding carboxylic acids is 1. The van der Waals surface area contributed by atoms with Gasteiger partial charge in [0.2, 0.25) is 10.0 Å². The van der Waals surface area contributed by atoms with E-state index >= 15 is 0 Å². The number of nitrogens with zero attached hydrogens (tertiary/aromatic N) is 1. The van der Waals surface area contributed by atoms with Crippen LogP contribution in [0.15, 0.2) is 29.2 Å². The minimum atomic E-state index is -4.08. The van der Waals surface area contributed by atoms with Crippen LogP contribution in [0.3, 0.4) is 0 Å². The molecule has 1 amide bonds. The molecule has 0 radical (unpaired) electrons. The van der Waals surface area contributed by atoms with Crippen molar-refractivity contribution in [2.45, 2.75) is 11.3 Å². The van der Waals surface area contributed by atoms with E-state index in [4.69, 9.17) is 15.1 Å². The van der Waals surface area contributed by atoms with Crippen LogP contribution in [0.25, 0.3) is 0 Å². The molecule has 0 saturated carbocycles. The van der Waals surface area contributed by atoms with Gasteiger partial charge in [-0.05, 0) is 24.3 Å². The van der Waals surface area contributed by atoms with E-state index in [0.29, 0.717) is 10.1 Å². The van der Waals surface area contributed by atoms with Gasteiger partial charge in [0.05, 0.1) is 25.0 Å². The van der Waals surface area contributed by atoms with Crippen molar-refractivity contribution in [3.05, 3.63) is 24.3 Å². The molecule has 0 bridgehead atoms. The van der Waals surface area contributed by atoms with Gasteiger partial charge in [0.25, 0.3) is 5.91 Å². The molecular weight excluding hydrogens is 316 g/mol. The Morgan fingerprint density at radius 3 is 2.32 bits per heavy atom. The molecule has 1 aromatic rings. The van der Waals surface area contributed by atoms with Gasteiger partial charge in [-0.25, -0.2) is 13.9 Å². The third-order valence-electron chi connectivity index (χ3n) is 2.72. The quantitative estimate of drug-likeness (QED) is 0.438. The lowest BCUT2D eigenvalue weighted by Crippen LogP contribution is -2.40. The summed E-state index contributed by atoms with van der Waals surface area (Å²) >= 11 is 0. The van der Waals surface area contributed by atoms with Crippen LogP contribution in [0.1, 0.15) is 6.42 Å². The van der Waals surface area contributed by atoms with Crippen molar-refractivity contribution >= 4 is 21.9 Å². The smallest absolute Gasteiger partial charge is 0.304 e. The molecule has 122 valence electrons. The molecule has 10 heteroatoms. The molecule has 0 aliphatic rings. The zero-order valence-corrected chi connectivity index (χ0v) is 12.5. The first-order chi connectivity index (χ1) is 10.3. The Hall–Kier alpha value is -2.17. The van der Waals surface area contributed by atoms with Crippen LogP contribution in [-0.2, 0) is 19.6 Å². The predicted molar refractivity (Wildman–Crippen MR) is 73.9 cm³/mol. The number of rotatable bonds is 8. The number of hydroxylamine groups is 1. The van der Waals surface area contributed by atoms with E-state index in [1.165, 1.54) is 36.9 Å². The Morgan fingerprint density at radius 1 is 1.27 bits per heavy atom. The summed E-state index contributed by atoms with van der Waals surface area (Å²) < 4.78 is 30.4. The fraction of sp³-hybridized carbons (Fsp3) is 0.333. The molecule has 0 aliphatic carbocycles. The van der Waals surface area contributed by atoms with Gasteiger partial charge in [-0.15, -0.1) is 0 Å². The zero-order chi connectivity index (χ0) is 16.8. The molecule has 0 saturated heterocycles. The van der Waals surface area contributed by atoms with Crippen LogP contribution in [0.4, 0.5) is 0 Å². The molecule has 0 aromatic heterocycles. The fourth-order valence-corrected chi connectivity index (χ4v) is 2.99. The monoisotopic (exact) mass is 332 g/mol. The van der Waals surface area contributed by atoms with Crippen molar-refractivity contribution in [1.29, 1.82) is 0 Å². The number of carboxylic acid groups (broad SMARTS) is 1. The van der Waals surface area contributed by atoms with Crippen LogP contribution >= 0.6 is 0 Å². The van der Waals surface area contributed by atoms with Gasteiger partial charge in [0, 0.05) is 6.54 Å². The molecule has 9 nitrogen and oxygen atoms in total. The summed E-state index contributed by atoms with van der Waals surface area (Å²) in [5.74, 6) is -1.73. The second kappa shape index (κ2) is 7.73. The lowest BCUT2D eigenvalue weighted by molar-refractivity contribution is -0.137. The van der Waals surface area contributed by atoms with Crippen LogP contribution in [-0.4, -0.2) is 55.1 Å². The minimum Gasteiger partial charge on any atom is -0.497 e. The van der Waals surface area contributed by atoms with E-state index in [-0.39, 0.29) is 4.90 Å². The van der Waals surface area contributed by atoms with Crippen molar-refractivity contribution in [2.75, 3.05) is 20.2 Å². The maximum absolute atomic E-state index is 12.4. The first kappa shape index (κ1) is 17.9. The number of amides is 1. The highest BCUT2D eigenvalue weighted by molar-refractivity contribution is 7.89. The van der Waals surface area contributed by atoms with Gasteiger partial charge in [-0.2, -0.15) is 4.31 Å². The standard InChI is InChI=1S/C12H16N2O7S/c1-21-9-2-4-10(5-3-9)22(19,20)14(7-6-12(16)17)8-11(15)13-18/h2-5,18H,6-8H2,1H3,(H,13,15)(H,16,17). The summed E-state index contributed by atoms with van der Waals surface area (Å²) in [5, 5.41) is 17.2. The number of ether oxygens (including phenoxy) is 1. The number of aliphatic carboxylic acids is 1. The predicted octanol–water partition coefficient (Wildman–Crippen LogP) is -0.334. The highest BCUT2D eigenvalue weighted by atomic mass is 32.2. The summed E-state index contributed by atoms with van der Waals surface area (Å²) in [7, 11) is -2.66. The molecular formula is C12H16N2O7S. The van der Waals surface area contributed by atoms with Gasteiger partial charge >= 0.3 is 5.97 Å². The van der Waals surface area contributed by atoms with Crippen molar-refractivity contribution in [3.8, 4) is 5.75 Å². The summed E-state index contributed by atoms with van der Waals surface area (Å²) in [6.45, 7) is -1.10. The summed E-state index contributed by atoms with van der Waals surface area (Å²) in [6, 6.07) is 5.40. The maximum Gasteiger partial charge on any atom is 0.304 e. The van der Waals surface area contributed by atoms with Crippen LogP contribution in [0.5, 0.6) is 5.75 Å². The third kappa shape index (κ3) is 4.69. The van der Waals surface area contributed by atoms with Gasteiger partial charge in [-0.1, -0.05) is 0 Å². The number of carboxylic acids is 1. The third-order valence-corrected chi connectivity index (χ3v) is 4.58. The zero-order valence-electron chi connectivity index (χ0n) is 11.7. The van der Waals surface area contributed by atoms with Crippen LogP contribution < -0.4 is 10.2 Å². The lowest BCUT2D eigenvalue weighted by Gasteiger charge is -2.20. The molecule has 0 unspecified atom stereocenters. The summed E-state index contributed by atoms with van der Waals surface area (Å²) in [6.07, 6.45) is -0.478. The molecule has 0 heterocycles. The first-order valence-electron chi connectivity index (χ1n) is 6.10. The lowest BCUT2D eigenvalue weighted by atomic mass is 10.3. The second-order valence-corrected chi connectivity index (χ2v) is 6.13. The average Bonchev–Trinajstić information content (AvgIpc) is 2.50. The largest absolute Gasteiger partial charge is 0.497 e. The topological polar surface area (TPSA) is 133 Å². The Bertz CT molecular complexity index is 627. The van der Waals surface area contributed by atoms with E-state index in [1.54, 1.807) is 0 Å². The molecule has 0 atom stereocenters. The van der Waals surface area contributed by atoms with Gasteiger partial charge < -0.3 is 9.84 Å². The van der Waals surface area contributed by atoms with E-state index in [1.807, 2.05) is 0 Å². The van der Waals surface area contributed by atoms with Crippen LogP contribution in [0.2, 0.25) is 0 Å². The molecule has 22 heavy (non-hydrogen) atoms. The number of carbonyl (C=O) groups is 2. The minimum absolute atomic E-state index is 0.121. The van der Waals surface area contributed by atoms with Crippen molar-refractivity contribution in [1.82, 2.24) is 9.79 Å². The highest BCUT2D eigenvalue weighted by Gasteiger charge is 2.27. The van der Waals surface area contributed by atoms with E-state index in [0.717, 1.165) is 0 Å². The highest BCUT2D eigenvalue weighted by Crippen LogP contribution is 2.19. The fourth-order valence-electron chi connectivity index (χ4n) is 1.60. The molecule has 0 fully saturated rings. The SMILES string of the molecule is COc1ccc(S(=O)(=O)N(CCC(=O)O)CC(=O)NO)cc1. The van der Waals surface area contributed by atoms with Crippen LogP contribution in [0, 0.1) is 0 Å². The Labute approximate surface area is 127 Å². The van der Waals surface area contributed by atoms with E-state index in [2.05, 4.69) is 0 Å². The molecule has 1 aromatic carbocycles. The summed E-state index contributed by atoms with van der Waals surface area (Å²) in [4.78, 5) is 21.7. The molecule has 3 N–H and O–H groups in total. The number of benzene rings is 1. The second-order valence-electron chi connectivity index (χ2n) is 4.19. The van der Waals surface area contributed by atoms with E-state index in [9.17, 15) is 18.0 Å². The number of hydrogen-bond acceptors (Lipinski definition) is 6. The first-order valence-corrected chi connectivity index (χ1v) is 7.54. The van der Waals surface area contributed by atoms with Crippen molar-refractivity contribution in [2.24, 2.45) is 0 Å².